The molecular weight excluding hydrogens is 324 g/mol. The van der Waals surface area contributed by atoms with Gasteiger partial charge in [-0.2, -0.15) is 0 Å². The number of nitrogens with one attached hydrogen (secondary N) is 1. The van der Waals surface area contributed by atoms with Crippen LogP contribution >= 0.6 is 23.4 Å². The highest BCUT2D eigenvalue weighted by atomic mass is 35.5. The number of carbonyl (C=O) groups excluding carboxylic acids is 1. The number of carboxylic acids is 1. The van der Waals surface area contributed by atoms with Gasteiger partial charge in [-0.05, 0) is 31.2 Å². The third-order valence-electron chi connectivity index (χ3n) is 2.81. The maximum absolute atomic E-state index is 12.2. The third-order valence-corrected chi connectivity index (χ3v) is 4.29. The van der Waals surface area contributed by atoms with Crippen molar-refractivity contribution in [1.82, 2.24) is 4.98 Å². The van der Waals surface area contributed by atoms with Crippen molar-refractivity contribution in [2.75, 3.05) is 5.32 Å². The van der Waals surface area contributed by atoms with Gasteiger partial charge in [0.05, 0.1) is 16.5 Å². The second-order valence-corrected chi connectivity index (χ2v) is 6.13. The van der Waals surface area contributed by atoms with Crippen molar-refractivity contribution in [3.8, 4) is 0 Å². The van der Waals surface area contributed by atoms with E-state index in [4.69, 9.17) is 16.7 Å². The molecule has 0 unspecified atom stereocenters. The molecule has 5 nitrogen and oxygen atoms in total. The minimum absolute atomic E-state index is 0.173. The van der Waals surface area contributed by atoms with Gasteiger partial charge in [0.25, 0.3) is 0 Å². The smallest absolute Gasteiger partial charge is 0.336 e. The summed E-state index contributed by atoms with van der Waals surface area (Å²) in [6.07, 6.45) is 1.53. The molecule has 0 saturated heterocycles. The van der Waals surface area contributed by atoms with Crippen molar-refractivity contribution in [2.24, 2.45) is 0 Å². The molecule has 1 aromatic carbocycles. The van der Waals surface area contributed by atoms with Crippen LogP contribution in [0.25, 0.3) is 0 Å². The second kappa shape index (κ2) is 7.29. The molecule has 1 atom stereocenters. The van der Waals surface area contributed by atoms with E-state index >= 15 is 0 Å². The minimum Gasteiger partial charge on any atom is -0.478 e. The molecule has 2 aromatic rings. The van der Waals surface area contributed by atoms with E-state index in [-0.39, 0.29) is 16.6 Å². The van der Waals surface area contributed by atoms with Gasteiger partial charge in [-0.3, -0.25) is 4.79 Å². The Bertz CT molecular complexity index is 709. The fourth-order valence-electron chi connectivity index (χ4n) is 1.70. The highest BCUT2D eigenvalue weighted by Crippen LogP contribution is 2.28. The van der Waals surface area contributed by atoms with Crippen molar-refractivity contribution in [1.29, 1.82) is 0 Å². The van der Waals surface area contributed by atoms with Gasteiger partial charge in [0, 0.05) is 11.1 Å². The van der Waals surface area contributed by atoms with Gasteiger partial charge in [-0.1, -0.05) is 23.7 Å². The number of halogens is 1. The first-order valence-corrected chi connectivity index (χ1v) is 7.65. The first-order chi connectivity index (χ1) is 10.5. The van der Waals surface area contributed by atoms with Crippen LogP contribution in [0.3, 0.4) is 0 Å². The zero-order valence-electron chi connectivity index (χ0n) is 11.6. The first-order valence-electron chi connectivity index (χ1n) is 6.39. The van der Waals surface area contributed by atoms with Gasteiger partial charge in [-0.25, -0.2) is 9.78 Å². The Hall–Kier alpha value is -2.05. The zero-order chi connectivity index (χ0) is 16.1. The van der Waals surface area contributed by atoms with Gasteiger partial charge >= 0.3 is 5.97 Å². The van der Waals surface area contributed by atoms with Crippen LogP contribution in [0.5, 0.6) is 0 Å². The Morgan fingerprint density at radius 1 is 1.27 bits per heavy atom. The van der Waals surface area contributed by atoms with Crippen LogP contribution in [0.4, 0.5) is 5.69 Å². The summed E-state index contributed by atoms with van der Waals surface area (Å²) in [5.74, 6) is -1.30. The van der Waals surface area contributed by atoms with E-state index in [0.717, 1.165) is 0 Å². The highest BCUT2D eigenvalue weighted by Gasteiger charge is 2.19. The van der Waals surface area contributed by atoms with Gasteiger partial charge < -0.3 is 10.4 Å². The topological polar surface area (TPSA) is 79.3 Å². The molecule has 0 aliphatic heterocycles. The Kier molecular flexibility index (Phi) is 5.41. The second-order valence-electron chi connectivity index (χ2n) is 4.39. The van der Waals surface area contributed by atoms with Crippen LogP contribution in [-0.2, 0) is 4.79 Å². The van der Waals surface area contributed by atoms with E-state index in [2.05, 4.69) is 10.3 Å². The number of hydrogen-bond donors (Lipinski definition) is 2. The van der Waals surface area contributed by atoms with Crippen molar-refractivity contribution in [3.05, 3.63) is 53.3 Å². The highest BCUT2D eigenvalue weighted by molar-refractivity contribution is 8.00. The van der Waals surface area contributed by atoms with Crippen molar-refractivity contribution < 1.29 is 14.7 Å². The van der Waals surface area contributed by atoms with Crippen LogP contribution < -0.4 is 5.32 Å². The predicted molar refractivity (Wildman–Crippen MR) is 86.6 cm³/mol. The molecule has 114 valence electrons. The number of carboxylic acid groups (broad SMARTS) is 1. The number of benzene rings is 1. The van der Waals surface area contributed by atoms with Crippen LogP contribution in [0, 0.1) is 0 Å². The van der Waals surface area contributed by atoms with Crippen LogP contribution in [0.1, 0.15) is 17.3 Å². The minimum atomic E-state index is -1.02. The number of rotatable bonds is 5. The van der Waals surface area contributed by atoms with E-state index in [0.29, 0.717) is 10.6 Å². The number of aromatic nitrogens is 1. The van der Waals surface area contributed by atoms with Crippen LogP contribution in [0.2, 0.25) is 5.15 Å². The SMILES string of the molecule is C[C@H](Sc1ccccc1C(=O)O)C(=O)Nc1cccnc1Cl. The van der Waals surface area contributed by atoms with Crippen LogP contribution in [0.15, 0.2) is 47.5 Å². The molecule has 2 N–H and O–H groups in total. The Labute approximate surface area is 136 Å². The summed E-state index contributed by atoms with van der Waals surface area (Å²) < 4.78 is 0. The summed E-state index contributed by atoms with van der Waals surface area (Å²) in [6, 6.07) is 9.88. The number of hydrogen-bond acceptors (Lipinski definition) is 4. The lowest BCUT2D eigenvalue weighted by Gasteiger charge is -2.13. The predicted octanol–water partition coefficient (Wildman–Crippen LogP) is 3.55. The molecule has 22 heavy (non-hydrogen) atoms. The van der Waals surface area contributed by atoms with Gasteiger partial charge in [0.2, 0.25) is 5.91 Å². The van der Waals surface area contributed by atoms with Gasteiger partial charge in [-0.15, -0.1) is 11.8 Å². The maximum Gasteiger partial charge on any atom is 0.336 e. The van der Waals surface area contributed by atoms with Crippen LogP contribution in [-0.4, -0.2) is 27.2 Å². The molecule has 7 heteroatoms. The molecular formula is C15H13ClN2O3S. The molecule has 0 aliphatic carbocycles. The number of pyridine rings is 1. The summed E-state index contributed by atoms with van der Waals surface area (Å²) in [6.45, 7) is 1.70. The monoisotopic (exact) mass is 336 g/mol. The lowest BCUT2D eigenvalue weighted by molar-refractivity contribution is -0.115. The summed E-state index contributed by atoms with van der Waals surface area (Å²) in [5.41, 5.74) is 0.597. The zero-order valence-corrected chi connectivity index (χ0v) is 13.2. The average molecular weight is 337 g/mol. The number of amides is 1. The van der Waals surface area contributed by atoms with E-state index < -0.39 is 11.2 Å². The Morgan fingerprint density at radius 3 is 2.68 bits per heavy atom. The molecule has 0 spiro atoms. The number of anilines is 1. The summed E-state index contributed by atoms with van der Waals surface area (Å²) in [7, 11) is 0. The number of thioether (sulfide) groups is 1. The molecule has 2 rings (SSSR count). The number of aromatic carboxylic acids is 1. The molecule has 0 bridgehead atoms. The molecule has 1 heterocycles. The summed E-state index contributed by atoms with van der Waals surface area (Å²) in [4.78, 5) is 27.8. The van der Waals surface area contributed by atoms with Crippen molar-refractivity contribution in [3.63, 3.8) is 0 Å². The van der Waals surface area contributed by atoms with Gasteiger partial charge in [0.15, 0.2) is 5.15 Å². The largest absolute Gasteiger partial charge is 0.478 e. The van der Waals surface area contributed by atoms with Gasteiger partial charge in [0.1, 0.15) is 0 Å². The Balaban J connectivity index is 2.09. The first kappa shape index (κ1) is 16.3. The van der Waals surface area contributed by atoms with E-state index in [9.17, 15) is 9.59 Å². The molecule has 0 aliphatic rings. The maximum atomic E-state index is 12.2. The Morgan fingerprint density at radius 2 is 2.00 bits per heavy atom. The normalized spacial score (nSPS) is 11.7. The number of carbonyl (C=O) groups is 2. The molecule has 0 saturated carbocycles. The average Bonchev–Trinajstić information content (AvgIpc) is 2.49. The van der Waals surface area contributed by atoms with Crippen molar-refractivity contribution in [2.45, 2.75) is 17.1 Å². The lowest BCUT2D eigenvalue weighted by Crippen LogP contribution is -2.23. The molecule has 0 radical (unpaired) electrons. The standard InChI is InChI=1S/C15H13ClN2O3S/c1-9(14(19)18-11-6-4-8-17-13(11)16)22-12-7-3-2-5-10(12)15(20)21/h2-9H,1H3,(H,18,19)(H,20,21)/t9-/m0/s1. The van der Waals surface area contributed by atoms with E-state index in [1.54, 1.807) is 37.3 Å². The summed E-state index contributed by atoms with van der Waals surface area (Å²) in [5, 5.41) is 11.5. The summed E-state index contributed by atoms with van der Waals surface area (Å²) >= 11 is 7.07. The lowest BCUT2D eigenvalue weighted by atomic mass is 10.2. The molecule has 0 fully saturated rings. The fourth-order valence-corrected chi connectivity index (χ4v) is 2.86. The van der Waals surface area contributed by atoms with Crippen molar-refractivity contribution >= 4 is 40.9 Å². The fraction of sp³-hybridized carbons (Fsp3) is 0.133. The van der Waals surface area contributed by atoms with E-state index in [1.807, 2.05) is 0 Å². The van der Waals surface area contributed by atoms with E-state index in [1.165, 1.54) is 24.0 Å². The number of nitrogens with zero attached hydrogens (tertiary/aromatic N) is 1. The molecule has 1 aromatic heterocycles. The third kappa shape index (κ3) is 3.99. The molecule has 1 amide bonds. The quantitative estimate of drug-likeness (QED) is 0.644.